The van der Waals surface area contributed by atoms with Gasteiger partial charge in [-0.1, -0.05) is 0 Å². The van der Waals surface area contributed by atoms with Gasteiger partial charge >= 0.3 is 0 Å². The van der Waals surface area contributed by atoms with Crippen LogP contribution in [0.2, 0.25) is 0 Å². The molecule has 2 radical (unpaired) electrons. The average Bonchev–Trinajstić information content (AvgIpc) is 0. The van der Waals surface area contributed by atoms with Crippen LogP contribution in [-0.2, 0) is 68.0 Å². The Kier molecular flexibility index (Phi) is 791. The maximum atomic E-state index is 0. The molecule has 0 N–H and O–H groups in total. The van der Waals surface area contributed by atoms with Crippen molar-refractivity contribution in [3.8, 4) is 0 Å². The summed E-state index contributed by atoms with van der Waals surface area (Å²) in [6.07, 6.45) is 0. The molecule has 0 amide bonds. The summed E-state index contributed by atoms with van der Waals surface area (Å²) >= 11 is 0. The third-order valence-electron chi connectivity index (χ3n) is 0. The fourth-order valence-corrected chi connectivity index (χ4v) is 0. The van der Waals surface area contributed by atoms with E-state index in [0.717, 1.165) is 0 Å². The number of hydrogen-bond acceptors (Lipinski definition) is 0. The van der Waals surface area contributed by atoms with E-state index in [1.54, 1.807) is 0 Å². The predicted molar refractivity (Wildman–Crippen MR) is 32.8 cm³/mol. The first kappa shape index (κ1) is 88.1. The van der Waals surface area contributed by atoms with Gasteiger partial charge in [-0.3, -0.25) is 0 Å². The van der Waals surface area contributed by atoms with Gasteiger partial charge in [-0.15, -0.1) is 0 Å². The summed E-state index contributed by atoms with van der Waals surface area (Å²) in [6.45, 7) is 0. The Morgan fingerprint density at radius 2 is 1.00 bits per heavy atom. The first-order valence-electron chi connectivity index (χ1n) is 0. The molecule has 0 heterocycles. The molecule has 0 spiro atoms. The van der Waals surface area contributed by atoms with E-state index >= 15 is 0 Å². The predicted octanol–water partition coefficient (Wildman–Crippen LogP) is -1.29. The van der Waals surface area contributed by atoms with Gasteiger partial charge in [-0.2, -0.15) is 23.4 Å². The Balaban J connectivity index is 0. The van der Waals surface area contributed by atoms with Crippen molar-refractivity contribution in [2.24, 2.45) is 0 Å². The van der Waals surface area contributed by atoms with E-state index in [0.29, 0.717) is 0 Å². The van der Waals surface area contributed by atoms with Crippen LogP contribution in [-0.4, -0.2) is 11.0 Å². The summed E-state index contributed by atoms with van der Waals surface area (Å²) < 4.78 is 0. The molecule has 0 aliphatic rings. The molecule has 0 aliphatic carbocycles. The average molecular weight is 329 g/mol. The summed E-state index contributed by atoms with van der Waals surface area (Å²) in [7, 11) is 0. The van der Waals surface area contributed by atoms with E-state index < -0.39 is 0 Å². The number of rotatable bonds is 0. The topological polar surface area (TPSA) is 0 Å². The maximum Gasteiger partial charge on any atom is 0 e. The molecule has 0 aromatic rings. The molecule has 0 aromatic heterocycles. The van der Waals surface area contributed by atoms with Crippen LogP contribution in [0, 0.1) is 0 Å². The zero-order chi connectivity index (χ0) is 0. The molecule has 0 aromatic carbocycles. The van der Waals surface area contributed by atoms with Crippen LogP contribution >= 0.6 is 23.4 Å². The van der Waals surface area contributed by atoms with Crippen LogP contribution in [0.15, 0.2) is 0 Å². The molecule has 1 unspecified atom stereocenters. The smallest absolute Gasteiger partial charge is 0 e. The second kappa shape index (κ2) is 62.8. The Morgan fingerprint density at radius 3 is 1.00 bits per heavy atom. The van der Waals surface area contributed by atoms with Gasteiger partial charge in [0.1, 0.15) is 0 Å². The standard InChI is InChI=1S/Cr.Cu.Mn.Ni.H3P.H2S.H4Si/h;;;;1H3;1H2;1H4. The van der Waals surface area contributed by atoms with Gasteiger partial charge in [0.15, 0.2) is 0 Å². The van der Waals surface area contributed by atoms with Gasteiger partial charge in [0.2, 0.25) is 0 Å². The zero-order valence-electron chi connectivity index (χ0n) is 2.61. The minimum atomic E-state index is 0. The van der Waals surface area contributed by atoms with E-state index in [9.17, 15) is 0 Å². The molecule has 1 atom stereocenters. The van der Waals surface area contributed by atoms with Crippen LogP contribution in [0.25, 0.3) is 0 Å². The van der Waals surface area contributed by atoms with E-state index in [2.05, 4.69) is 0 Å². The first-order chi connectivity index (χ1) is 0. The molecular weight excluding hydrogens is 320 g/mol. The molecule has 0 fully saturated rings. The van der Waals surface area contributed by atoms with Crippen molar-refractivity contribution in [2.45, 2.75) is 0 Å². The van der Waals surface area contributed by atoms with Crippen LogP contribution in [0.3, 0.4) is 0 Å². The third-order valence-corrected chi connectivity index (χ3v) is 0. The van der Waals surface area contributed by atoms with E-state index in [4.69, 9.17) is 0 Å². The van der Waals surface area contributed by atoms with E-state index in [1.807, 2.05) is 0 Å². The molecule has 7 heteroatoms. The second-order valence-corrected chi connectivity index (χ2v) is 0. The molecule has 0 bridgehead atoms. The fraction of sp³-hybridized carbons (Fsp3) is 0. The van der Waals surface area contributed by atoms with Crippen molar-refractivity contribution < 1.29 is 68.0 Å². The van der Waals surface area contributed by atoms with Gasteiger partial charge in [0, 0.05) is 68.0 Å². The zero-order valence-corrected chi connectivity index (χ0v) is 9.41. The summed E-state index contributed by atoms with van der Waals surface area (Å²) in [4.78, 5) is 0. The third kappa shape index (κ3) is 48.2. The molecule has 58 valence electrons. The minimum absolute atomic E-state index is 0. The quantitative estimate of drug-likeness (QED) is 0.383. The summed E-state index contributed by atoms with van der Waals surface area (Å²) in [5.41, 5.74) is 0. The first-order valence-corrected chi connectivity index (χ1v) is 0. The Hall–Kier alpha value is 3.06. The molecule has 0 saturated heterocycles. The normalized spacial score (nSPS) is 0. The van der Waals surface area contributed by atoms with Gasteiger partial charge in [0.05, 0.1) is 0 Å². The van der Waals surface area contributed by atoms with Crippen molar-refractivity contribution in [3.05, 3.63) is 0 Å². The molecule has 0 aliphatic heterocycles. The molecule has 0 rings (SSSR count). The van der Waals surface area contributed by atoms with Crippen molar-refractivity contribution in [3.63, 3.8) is 0 Å². The van der Waals surface area contributed by atoms with E-state index in [1.165, 1.54) is 0 Å². The molecular formula is H9CrCuMnNiPSSi. The molecule has 0 saturated carbocycles. The largest absolute Gasteiger partial charge is 0.197 e. The molecule has 0 nitrogen and oxygen atoms in total. The van der Waals surface area contributed by atoms with Gasteiger partial charge < -0.3 is 0 Å². The summed E-state index contributed by atoms with van der Waals surface area (Å²) in [5.74, 6) is 0. The summed E-state index contributed by atoms with van der Waals surface area (Å²) in [6, 6.07) is 0. The summed E-state index contributed by atoms with van der Waals surface area (Å²) in [5, 5.41) is 0. The van der Waals surface area contributed by atoms with Gasteiger partial charge in [0.25, 0.3) is 0 Å². The Labute approximate surface area is 101 Å². The maximum absolute atomic E-state index is 0. The van der Waals surface area contributed by atoms with Crippen molar-refractivity contribution in [1.82, 2.24) is 0 Å². The Bertz CT molecular complexity index is 19.7. The van der Waals surface area contributed by atoms with Crippen LogP contribution in [0.1, 0.15) is 0 Å². The van der Waals surface area contributed by atoms with Gasteiger partial charge in [-0.05, 0) is 11.0 Å². The van der Waals surface area contributed by atoms with Crippen LogP contribution in [0.4, 0.5) is 0 Å². The molecule has 7 heavy (non-hydrogen) atoms. The van der Waals surface area contributed by atoms with Crippen LogP contribution < -0.4 is 0 Å². The van der Waals surface area contributed by atoms with E-state index in [-0.39, 0.29) is 102 Å². The fourth-order valence-electron chi connectivity index (χ4n) is 0. The van der Waals surface area contributed by atoms with Crippen LogP contribution in [0.5, 0.6) is 0 Å². The SMILES string of the molecule is P.S.[Cr].[Cu].[Mn].[Ni].[SiH4]. The second-order valence-electron chi connectivity index (χ2n) is 0. The monoisotopic (exact) mass is 328 g/mol. The van der Waals surface area contributed by atoms with Crippen molar-refractivity contribution in [1.29, 1.82) is 0 Å². The Morgan fingerprint density at radius 1 is 1.00 bits per heavy atom. The van der Waals surface area contributed by atoms with Crippen molar-refractivity contribution in [2.75, 3.05) is 0 Å². The van der Waals surface area contributed by atoms with Gasteiger partial charge in [-0.25, -0.2) is 0 Å². The minimum Gasteiger partial charge on any atom is -0.197 e. The van der Waals surface area contributed by atoms with Crippen molar-refractivity contribution >= 4 is 34.4 Å². The number of hydrogen-bond donors (Lipinski definition) is 0.